The van der Waals surface area contributed by atoms with Crippen molar-refractivity contribution >= 4 is 0 Å². The Labute approximate surface area is 99.3 Å². The number of rotatable bonds is 6. The van der Waals surface area contributed by atoms with Gasteiger partial charge in [-0.15, -0.1) is 12.3 Å². The highest BCUT2D eigenvalue weighted by Gasteiger charge is 2.19. The monoisotopic (exact) mass is 215 g/mol. The van der Waals surface area contributed by atoms with Crippen molar-refractivity contribution in [2.75, 3.05) is 7.05 Å². The highest BCUT2D eigenvalue weighted by Crippen LogP contribution is 2.25. The van der Waals surface area contributed by atoms with Gasteiger partial charge in [0.1, 0.15) is 0 Å². The highest BCUT2D eigenvalue weighted by molar-refractivity contribution is 5.21. The van der Waals surface area contributed by atoms with Crippen LogP contribution in [0, 0.1) is 12.3 Å². The molecule has 0 aliphatic carbocycles. The third-order valence-corrected chi connectivity index (χ3v) is 3.12. The Balaban J connectivity index is 2.76. The van der Waals surface area contributed by atoms with Crippen molar-refractivity contribution in [2.45, 2.75) is 38.1 Å². The maximum Gasteiger partial charge on any atom is 0.0142 e. The molecule has 1 N–H and O–H groups in total. The lowest BCUT2D eigenvalue weighted by Gasteiger charge is -2.25. The van der Waals surface area contributed by atoms with Gasteiger partial charge in [-0.2, -0.15) is 0 Å². The standard InChI is InChI=1S/C15H21N/c1-4-6-12-15(16-3)14(5-2)13-10-8-7-9-11-13/h1,7-11,14-16H,5-6,12H2,2-3H3. The van der Waals surface area contributed by atoms with Gasteiger partial charge in [0.25, 0.3) is 0 Å². The van der Waals surface area contributed by atoms with Gasteiger partial charge in [0.05, 0.1) is 0 Å². The van der Waals surface area contributed by atoms with Gasteiger partial charge in [-0.1, -0.05) is 37.3 Å². The molecule has 0 aliphatic rings. The predicted octanol–water partition coefficient (Wildman–Crippen LogP) is 3.18. The Morgan fingerprint density at radius 2 is 2.00 bits per heavy atom. The molecule has 0 saturated heterocycles. The average Bonchev–Trinajstić information content (AvgIpc) is 2.35. The molecule has 1 aromatic carbocycles. The SMILES string of the molecule is C#CCCC(NC)C(CC)c1ccccc1. The van der Waals surface area contributed by atoms with E-state index in [0.29, 0.717) is 12.0 Å². The quantitative estimate of drug-likeness (QED) is 0.719. The molecule has 0 aliphatic heterocycles. The zero-order valence-corrected chi connectivity index (χ0v) is 10.2. The van der Waals surface area contributed by atoms with E-state index < -0.39 is 0 Å². The van der Waals surface area contributed by atoms with Gasteiger partial charge in [0.2, 0.25) is 0 Å². The molecule has 2 unspecified atom stereocenters. The van der Waals surface area contributed by atoms with Crippen LogP contribution in [0.25, 0.3) is 0 Å². The second-order valence-corrected chi connectivity index (χ2v) is 4.06. The van der Waals surface area contributed by atoms with Crippen LogP contribution in [0.1, 0.15) is 37.7 Å². The molecule has 0 bridgehead atoms. The van der Waals surface area contributed by atoms with Crippen molar-refractivity contribution in [3.63, 3.8) is 0 Å². The Hall–Kier alpha value is -1.26. The first-order valence-corrected chi connectivity index (χ1v) is 5.99. The fourth-order valence-electron chi connectivity index (χ4n) is 2.24. The molecule has 1 aromatic rings. The minimum atomic E-state index is 0.475. The van der Waals surface area contributed by atoms with Gasteiger partial charge in [-0.25, -0.2) is 0 Å². The second kappa shape index (κ2) is 7.09. The molecule has 0 aromatic heterocycles. The summed E-state index contributed by atoms with van der Waals surface area (Å²) >= 11 is 0. The number of benzene rings is 1. The van der Waals surface area contributed by atoms with E-state index in [4.69, 9.17) is 6.42 Å². The first kappa shape index (κ1) is 12.8. The van der Waals surface area contributed by atoms with Gasteiger partial charge in [-0.05, 0) is 31.4 Å². The molecule has 0 saturated carbocycles. The van der Waals surface area contributed by atoms with Crippen molar-refractivity contribution in [1.82, 2.24) is 5.32 Å². The first-order valence-electron chi connectivity index (χ1n) is 5.99. The van der Waals surface area contributed by atoms with Crippen LogP contribution in [0.2, 0.25) is 0 Å². The summed E-state index contributed by atoms with van der Waals surface area (Å²) in [4.78, 5) is 0. The average molecular weight is 215 g/mol. The van der Waals surface area contributed by atoms with E-state index in [0.717, 1.165) is 19.3 Å². The number of terminal acetylenes is 1. The van der Waals surface area contributed by atoms with E-state index in [2.05, 4.69) is 48.5 Å². The minimum absolute atomic E-state index is 0.475. The van der Waals surface area contributed by atoms with Gasteiger partial charge >= 0.3 is 0 Å². The smallest absolute Gasteiger partial charge is 0.0142 e. The normalized spacial score (nSPS) is 14.1. The summed E-state index contributed by atoms with van der Waals surface area (Å²) in [7, 11) is 2.02. The van der Waals surface area contributed by atoms with Crippen LogP contribution in [0.15, 0.2) is 30.3 Å². The van der Waals surface area contributed by atoms with Gasteiger partial charge in [0.15, 0.2) is 0 Å². The Morgan fingerprint density at radius 1 is 1.31 bits per heavy atom. The first-order chi connectivity index (χ1) is 7.83. The van der Waals surface area contributed by atoms with Gasteiger partial charge < -0.3 is 5.32 Å². The Morgan fingerprint density at radius 3 is 2.50 bits per heavy atom. The van der Waals surface area contributed by atoms with E-state index in [1.54, 1.807) is 0 Å². The molecule has 0 amide bonds. The summed E-state index contributed by atoms with van der Waals surface area (Å²) in [5.41, 5.74) is 1.40. The molecular weight excluding hydrogens is 194 g/mol. The van der Waals surface area contributed by atoms with E-state index in [9.17, 15) is 0 Å². The van der Waals surface area contributed by atoms with E-state index >= 15 is 0 Å². The van der Waals surface area contributed by atoms with Crippen LogP contribution >= 0.6 is 0 Å². The minimum Gasteiger partial charge on any atom is -0.316 e. The summed E-state index contributed by atoms with van der Waals surface area (Å²) < 4.78 is 0. The lowest BCUT2D eigenvalue weighted by Crippen LogP contribution is -2.31. The van der Waals surface area contributed by atoms with Gasteiger partial charge in [-0.3, -0.25) is 0 Å². The molecule has 86 valence electrons. The molecule has 0 radical (unpaired) electrons. The molecule has 1 rings (SSSR count). The summed E-state index contributed by atoms with van der Waals surface area (Å²) in [5.74, 6) is 3.28. The molecule has 1 heteroatoms. The highest BCUT2D eigenvalue weighted by atomic mass is 14.9. The Kier molecular flexibility index (Phi) is 5.67. The zero-order valence-electron chi connectivity index (χ0n) is 10.2. The molecule has 0 fully saturated rings. The predicted molar refractivity (Wildman–Crippen MR) is 70.4 cm³/mol. The van der Waals surface area contributed by atoms with Crippen molar-refractivity contribution in [3.05, 3.63) is 35.9 Å². The summed E-state index contributed by atoms with van der Waals surface area (Å²) in [6, 6.07) is 11.1. The van der Waals surface area contributed by atoms with Crippen molar-refractivity contribution in [2.24, 2.45) is 0 Å². The van der Waals surface area contributed by atoms with E-state index in [-0.39, 0.29) is 0 Å². The fourth-order valence-corrected chi connectivity index (χ4v) is 2.24. The second-order valence-electron chi connectivity index (χ2n) is 4.06. The van der Waals surface area contributed by atoms with Crippen LogP contribution in [-0.4, -0.2) is 13.1 Å². The van der Waals surface area contributed by atoms with E-state index in [1.807, 2.05) is 7.05 Å². The number of hydrogen-bond donors (Lipinski definition) is 1. The third-order valence-electron chi connectivity index (χ3n) is 3.12. The summed E-state index contributed by atoms with van der Waals surface area (Å²) in [6.45, 7) is 2.23. The van der Waals surface area contributed by atoms with E-state index in [1.165, 1.54) is 5.56 Å². The summed E-state index contributed by atoms with van der Waals surface area (Å²) in [6.07, 6.45) is 8.36. The van der Waals surface area contributed by atoms with Crippen LogP contribution in [-0.2, 0) is 0 Å². The van der Waals surface area contributed by atoms with Crippen LogP contribution in [0.3, 0.4) is 0 Å². The largest absolute Gasteiger partial charge is 0.316 e. The lowest BCUT2D eigenvalue weighted by atomic mass is 9.87. The molecular formula is C15H21N. The fraction of sp³-hybridized carbons (Fsp3) is 0.467. The van der Waals surface area contributed by atoms with Gasteiger partial charge in [0, 0.05) is 12.5 Å². The third kappa shape index (κ3) is 3.40. The Bertz CT molecular complexity index is 323. The lowest BCUT2D eigenvalue weighted by molar-refractivity contribution is 0.430. The molecule has 1 nitrogen and oxygen atoms in total. The number of hydrogen-bond acceptors (Lipinski definition) is 1. The molecule has 0 heterocycles. The number of nitrogens with one attached hydrogen (secondary N) is 1. The maximum atomic E-state index is 5.33. The maximum absolute atomic E-state index is 5.33. The van der Waals surface area contributed by atoms with Crippen molar-refractivity contribution in [3.8, 4) is 12.3 Å². The van der Waals surface area contributed by atoms with Crippen LogP contribution in [0.5, 0.6) is 0 Å². The topological polar surface area (TPSA) is 12.0 Å². The van der Waals surface area contributed by atoms with Crippen LogP contribution < -0.4 is 5.32 Å². The number of likely N-dealkylation sites (N-methyl/N-ethyl adjacent to an activating group) is 1. The molecule has 2 atom stereocenters. The van der Waals surface area contributed by atoms with Crippen molar-refractivity contribution < 1.29 is 0 Å². The summed E-state index contributed by atoms with van der Waals surface area (Å²) in [5, 5.41) is 3.39. The van der Waals surface area contributed by atoms with Crippen molar-refractivity contribution in [1.29, 1.82) is 0 Å². The molecule has 16 heavy (non-hydrogen) atoms. The zero-order chi connectivity index (χ0) is 11.8. The molecule has 0 spiro atoms. The van der Waals surface area contributed by atoms with Crippen LogP contribution in [0.4, 0.5) is 0 Å².